The van der Waals surface area contributed by atoms with E-state index in [0.717, 1.165) is 38.2 Å². The predicted molar refractivity (Wildman–Crippen MR) is 72.7 cm³/mol. The maximum atomic E-state index is 12.5. The molecule has 5 nitrogen and oxygen atoms in total. The van der Waals surface area contributed by atoms with Crippen LogP contribution in [0.3, 0.4) is 0 Å². The summed E-state index contributed by atoms with van der Waals surface area (Å²) in [5.41, 5.74) is 3.52. The number of aromatic nitrogens is 2. The van der Waals surface area contributed by atoms with E-state index < -0.39 is 0 Å². The zero-order valence-electron chi connectivity index (χ0n) is 11.9. The average Bonchev–Trinajstić information content (AvgIpc) is 2.83. The van der Waals surface area contributed by atoms with Gasteiger partial charge >= 0.3 is 0 Å². The van der Waals surface area contributed by atoms with Crippen molar-refractivity contribution < 1.29 is 4.79 Å². The SMILES string of the molecule is Cc1nn(C)c(C)c1C1CCCN1C(=O)C1CNC1. The van der Waals surface area contributed by atoms with Gasteiger partial charge in [0.15, 0.2) is 0 Å². The highest BCUT2D eigenvalue weighted by atomic mass is 16.2. The fraction of sp³-hybridized carbons (Fsp3) is 0.714. The maximum absolute atomic E-state index is 12.5. The first-order chi connectivity index (χ1) is 9.09. The van der Waals surface area contributed by atoms with Crippen molar-refractivity contribution in [2.24, 2.45) is 13.0 Å². The second kappa shape index (κ2) is 4.63. The van der Waals surface area contributed by atoms with E-state index in [4.69, 9.17) is 0 Å². The minimum Gasteiger partial charge on any atom is -0.335 e. The molecule has 0 radical (unpaired) electrons. The van der Waals surface area contributed by atoms with Crippen molar-refractivity contribution in [1.82, 2.24) is 20.0 Å². The number of rotatable bonds is 2. The van der Waals surface area contributed by atoms with Crippen LogP contribution in [0.2, 0.25) is 0 Å². The lowest BCUT2D eigenvalue weighted by atomic mass is 9.98. The van der Waals surface area contributed by atoms with Crippen LogP contribution in [0.15, 0.2) is 0 Å². The molecule has 2 aliphatic rings. The molecule has 1 N–H and O–H groups in total. The smallest absolute Gasteiger partial charge is 0.228 e. The summed E-state index contributed by atoms with van der Waals surface area (Å²) in [6.07, 6.45) is 2.17. The Bertz CT molecular complexity index is 504. The number of aryl methyl sites for hydroxylation is 2. The highest BCUT2D eigenvalue weighted by Gasteiger charge is 2.38. The van der Waals surface area contributed by atoms with Crippen LogP contribution in [0.1, 0.15) is 35.8 Å². The molecule has 1 aromatic heterocycles. The van der Waals surface area contributed by atoms with Crippen molar-refractivity contribution >= 4 is 5.91 Å². The fourth-order valence-corrected chi connectivity index (χ4v) is 3.30. The van der Waals surface area contributed by atoms with E-state index in [2.05, 4.69) is 22.2 Å². The Hall–Kier alpha value is -1.36. The third-order valence-corrected chi connectivity index (χ3v) is 4.56. The van der Waals surface area contributed by atoms with E-state index in [1.165, 1.54) is 11.3 Å². The van der Waals surface area contributed by atoms with Crippen LogP contribution in [0.4, 0.5) is 0 Å². The van der Waals surface area contributed by atoms with Crippen molar-refractivity contribution in [3.63, 3.8) is 0 Å². The van der Waals surface area contributed by atoms with Gasteiger partial charge in [-0.05, 0) is 26.7 Å². The van der Waals surface area contributed by atoms with Crippen LogP contribution in [0.25, 0.3) is 0 Å². The summed E-state index contributed by atoms with van der Waals surface area (Å²) < 4.78 is 1.93. The van der Waals surface area contributed by atoms with Gasteiger partial charge in [0.05, 0.1) is 17.7 Å². The molecule has 2 fully saturated rings. The van der Waals surface area contributed by atoms with Crippen LogP contribution < -0.4 is 5.32 Å². The number of nitrogens with one attached hydrogen (secondary N) is 1. The quantitative estimate of drug-likeness (QED) is 0.862. The van der Waals surface area contributed by atoms with E-state index in [0.29, 0.717) is 5.91 Å². The van der Waals surface area contributed by atoms with E-state index in [1.54, 1.807) is 0 Å². The van der Waals surface area contributed by atoms with Gasteiger partial charge in [-0.3, -0.25) is 9.48 Å². The summed E-state index contributed by atoms with van der Waals surface area (Å²) >= 11 is 0. The number of nitrogens with zero attached hydrogens (tertiary/aromatic N) is 3. The Balaban J connectivity index is 1.88. The monoisotopic (exact) mass is 262 g/mol. The van der Waals surface area contributed by atoms with Crippen molar-refractivity contribution in [3.8, 4) is 0 Å². The van der Waals surface area contributed by atoms with Crippen LogP contribution in [-0.2, 0) is 11.8 Å². The highest BCUT2D eigenvalue weighted by Crippen LogP contribution is 2.36. The molecule has 104 valence electrons. The molecule has 3 rings (SSSR count). The normalized spacial score (nSPS) is 23.7. The van der Waals surface area contributed by atoms with Gasteiger partial charge < -0.3 is 10.2 Å². The third kappa shape index (κ3) is 1.96. The molecule has 19 heavy (non-hydrogen) atoms. The summed E-state index contributed by atoms with van der Waals surface area (Å²) in [6.45, 7) is 6.73. The zero-order chi connectivity index (χ0) is 13.6. The van der Waals surface area contributed by atoms with E-state index in [9.17, 15) is 4.79 Å². The Morgan fingerprint density at radius 1 is 1.37 bits per heavy atom. The number of hydrogen-bond donors (Lipinski definition) is 1. The van der Waals surface area contributed by atoms with E-state index in [1.807, 2.05) is 18.7 Å². The predicted octanol–water partition coefficient (Wildman–Crippen LogP) is 0.920. The molecule has 2 saturated heterocycles. The van der Waals surface area contributed by atoms with Crippen LogP contribution in [0.5, 0.6) is 0 Å². The Morgan fingerprint density at radius 2 is 2.11 bits per heavy atom. The molecule has 5 heteroatoms. The lowest BCUT2D eigenvalue weighted by Gasteiger charge is -2.33. The zero-order valence-corrected chi connectivity index (χ0v) is 11.9. The Kier molecular flexibility index (Phi) is 3.09. The molecule has 0 aliphatic carbocycles. The fourth-order valence-electron chi connectivity index (χ4n) is 3.30. The number of hydrogen-bond acceptors (Lipinski definition) is 3. The molecular weight excluding hydrogens is 240 g/mol. The minimum absolute atomic E-state index is 0.192. The number of carbonyl (C=O) groups is 1. The summed E-state index contributed by atoms with van der Waals surface area (Å²) in [7, 11) is 1.97. The van der Waals surface area contributed by atoms with Gasteiger partial charge in [0.1, 0.15) is 0 Å². The minimum atomic E-state index is 0.192. The second-order valence-electron chi connectivity index (χ2n) is 5.75. The van der Waals surface area contributed by atoms with Crippen LogP contribution in [-0.4, -0.2) is 40.2 Å². The second-order valence-corrected chi connectivity index (χ2v) is 5.75. The molecule has 1 amide bonds. The molecule has 0 saturated carbocycles. The molecule has 1 atom stereocenters. The Morgan fingerprint density at radius 3 is 2.63 bits per heavy atom. The highest BCUT2D eigenvalue weighted by molar-refractivity contribution is 5.81. The molecule has 0 bridgehead atoms. The third-order valence-electron chi connectivity index (χ3n) is 4.56. The number of carbonyl (C=O) groups excluding carboxylic acids is 1. The van der Waals surface area contributed by atoms with Gasteiger partial charge in [-0.1, -0.05) is 0 Å². The summed E-state index contributed by atoms with van der Waals surface area (Å²) in [6, 6.07) is 0.238. The van der Waals surface area contributed by atoms with Crippen LogP contribution >= 0.6 is 0 Å². The van der Waals surface area contributed by atoms with E-state index in [-0.39, 0.29) is 12.0 Å². The van der Waals surface area contributed by atoms with Crippen molar-refractivity contribution in [2.45, 2.75) is 32.7 Å². The summed E-state index contributed by atoms with van der Waals surface area (Å²) in [5, 5.41) is 7.68. The average molecular weight is 262 g/mol. The lowest BCUT2D eigenvalue weighted by Crippen LogP contribution is -2.51. The van der Waals surface area contributed by atoms with Gasteiger partial charge in [0, 0.05) is 37.9 Å². The maximum Gasteiger partial charge on any atom is 0.228 e. The standard InChI is InChI=1S/C14H22N4O/c1-9-13(10(2)17(3)16-9)12-5-4-6-18(12)14(19)11-7-15-8-11/h11-12,15H,4-8H2,1-3H3. The van der Waals surface area contributed by atoms with Gasteiger partial charge in [-0.25, -0.2) is 0 Å². The Labute approximate surface area is 114 Å². The molecule has 0 spiro atoms. The first-order valence-electron chi connectivity index (χ1n) is 7.11. The van der Waals surface area contributed by atoms with Crippen molar-refractivity contribution in [2.75, 3.05) is 19.6 Å². The van der Waals surface area contributed by atoms with Crippen molar-refractivity contribution in [1.29, 1.82) is 0 Å². The number of likely N-dealkylation sites (tertiary alicyclic amines) is 1. The van der Waals surface area contributed by atoms with Crippen LogP contribution in [0, 0.1) is 19.8 Å². The van der Waals surface area contributed by atoms with Gasteiger partial charge in [0.25, 0.3) is 0 Å². The molecule has 0 aromatic carbocycles. The van der Waals surface area contributed by atoms with E-state index >= 15 is 0 Å². The molecule has 1 aromatic rings. The molecule has 1 unspecified atom stereocenters. The van der Waals surface area contributed by atoms with Gasteiger partial charge in [0.2, 0.25) is 5.91 Å². The summed E-state index contributed by atoms with van der Waals surface area (Å²) in [4.78, 5) is 14.6. The van der Waals surface area contributed by atoms with Gasteiger partial charge in [-0.2, -0.15) is 5.10 Å². The molecule has 3 heterocycles. The number of amides is 1. The first-order valence-corrected chi connectivity index (χ1v) is 7.11. The largest absolute Gasteiger partial charge is 0.335 e. The molecular formula is C14H22N4O. The lowest BCUT2D eigenvalue weighted by molar-refractivity contribution is -0.138. The first kappa shape index (κ1) is 12.7. The summed E-state index contributed by atoms with van der Waals surface area (Å²) in [5.74, 6) is 0.516. The topological polar surface area (TPSA) is 50.2 Å². The van der Waals surface area contributed by atoms with Gasteiger partial charge in [-0.15, -0.1) is 0 Å². The molecule has 2 aliphatic heterocycles. The van der Waals surface area contributed by atoms with Crippen molar-refractivity contribution in [3.05, 3.63) is 17.0 Å².